The molecule has 9 nitrogen and oxygen atoms in total. The van der Waals surface area contributed by atoms with E-state index in [9.17, 15) is 14.7 Å². The molecule has 1 amide bonds. The first-order valence-electron chi connectivity index (χ1n) is 13.6. The van der Waals surface area contributed by atoms with Crippen LogP contribution in [0.1, 0.15) is 34.1 Å². The molecular weight excluding hydrogens is 534 g/mol. The van der Waals surface area contributed by atoms with Crippen molar-refractivity contribution in [3.8, 4) is 11.5 Å². The summed E-state index contributed by atoms with van der Waals surface area (Å²) in [7, 11) is 1.53. The largest absolute Gasteiger partial charge is 0.503 e. The maximum absolute atomic E-state index is 13.9. The third kappa shape index (κ3) is 5.24. The van der Waals surface area contributed by atoms with Gasteiger partial charge in [-0.2, -0.15) is 0 Å². The van der Waals surface area contributed by atoms with E-state index in [0.29, 0.717) is 42.2 Å². The highest BCUT2D eigenvalue weighted by Gasteiger charge is 2.44. The Morgan fingerprint density at radius 1 is 1.00 bits per heavy atom. The van der Waals surface area contributed by atoms with Crippen LogP contribution in [0.15, 0.2) is 113 Å². The van der Waals surface area contributed by atoms with Gasteiger partial charge in [-0.05, 0) is 41.8 Å². The molecule has 1 aliphatic heterocycles. The standard InChI is InChI=1S/C33H29N3O6/c1-40-27-19-24(12-13-26(27)41-20-22-8-3-2-4-9-22)30-29(31(37)28-18-23-10-5-6-11-25(23)42-28)32(38)33(39)36(30)16-7-15-35-17-14-34-21-35/h2-6,8-14,17-19,21,30,38H,7,15-16,20H2,1H3/t30-/m0/s1. The quantitative estimate of drug-likeness (QED) is 0.200. The fraction of sp³-hybridized carbons (Fsp3) is 0.182. The number of furan rings is 1. The van der Waals surface area contributed by atoms with Gasteiger partial charge in [0.05, 0.1) is 25.1 Å². The second-order valence-corrected chi connectivity index (χ2v) is 9.98. The number of nitrogens with zero attached hydrogens (tertiary/aromatic N) is 3. The van der Waals surface area contributed by atoms with E-state index in [1.165, 1.54) is 12.0 Å². The van der Waals surface area contributed by atoms with Crippen LogP contribution in [0.3, 0.4) is 0 Å². The Labute approximate surface area is 242 Å². The van der Waals surface area contributed by atoms with Gasteiger partial charge >= 0.3 is 0 Å². The maximum Gasteiger partial charge on any atom is 0.290 e. The van der Waals surface area contributed by atoms with E-state index in [-0.39, 0.29) is 17.9 Å². The van der Waals surface area contributed by atoms with Crippen LogP contribution in [-0.4, -0.2) is 44.9 Å². The van der Waals surface area contributed by atoms with E-state index in [0.717, 1.165) is 10.9 Å². The zero-order chi connectivity index (χ0) is 29.1. The van der Waals surface area contributed by atoms with Crippen LogP contribution >= 0.6 is 0 Å². The van der Waals surface area contributed by atoms with Crippen molar-refractivity contribution in [3.63, 3.8) is 0 Å². The number of carbonyl (C=O) groups is 2. The zero-order valence-corrected chi connectivity index (χ0v) is 23.0. The number of rotatable bonds is 11. The number of aryl methyl sites for hydroxylation is 1. The number of carbonyl (C=O) groups excluding carboxylic acids is 2. The second kappa shape index (κ2) is 11.7. The first-order chi connectivity index (χ1) is 20.5. The molecule has 9 heteroatoms. The monoisotopic (exact) mass is 563 g/mol. The molecule has 0 bridgehead atoms. The van der Waals surface area contributed by atoms with Crippen LogP contribution in [0.5, 0.6) is 11.5 Å². The molecule has 0 spiro atoms. The lowest BCUT2D eigenvalue weighted by Crippen LogP contribution is -2.32. The van der Waals surface area contributed by atoms with Crippen molar-refractivity contribution in [2.45, 2.75) is 25.6 Å². The van der Waals surface area contributed by atoms with Crippen molar-refractivity contribution < 1.29 is 28.6 Å². The Morgan fingerprint density at radius 2 is 1.81 bits per heavy atom. The average molecular weight is 564 g/mol. The highest BCUT2D eigenvalue weighted by atomic mass is 16.5. The molecule has 3 heterocycles. The maximum atomic E-state index is 13.9. The highest BCUT2D eigenvalue weighted by molar-refractivity contribution is 6.16. The van der Waals surface area contributed by atoms with Crippen molar-refractivity contribution in [1.82, 2.24) is 14.5 Å². The molecule has 6 rings (SSSR count). The first kappa shape index (κ1) is 26.9. The molecular formula is C33H29N3O6. The summed E-state index contributed by atoms with van der Waals surface area (Å²) in [5.41, 5.74) is 2.10. The molecule has 1 atom stereocenters. The molecule has 42 heavy (non-hydrogen) atoms. The van der Waals surface area contributed by atoms with Gasteiger partial charge in [0.2, 0.25) is 5.78 Å². The number of methoxy groups -OCH3 is 1. The van der Waals surface area contributed by atoms with Crippen LogP contribution in [0, 0.1) is 0 Å². The van der Waals surface area contributed by atoms with Gasteiger partial charge in [-0.3, -0.25) is 9.59 Å². The van der Waals surface area contributed by atoms with Crippen molar-refractivity contribution in [2.75, 3.05) is 13.7 Å². The van der Waals surface area contributed by atoms with E-state index in [2.05, 4.69) is 4.98 Å². The Hall–Kier alpha value is -5.31. The van der Waals surface area contributed by atoms with Crippen LogP contribution in [0.2, 0.25) is 0 Å². The minimum Gasteiger partial charge on any atom is -0.503 e. The number of para-hydroxylation sites is 1. The molecule has 0 fully saturated rings. The minimum atomic E-state index is -0.863. The molecule has 2 aromatic heterocycles. The molecule has 0 unspecified atom stereocenters. The fourth-order valence-corrected chi connectivity index (χ4v) is 5.24. The third-order valence-electron chi connectivity index (χ3n) is 7.31. The lowest BCUT2D eigenvalue weighted by atomic mass is 9.94. The molecule has 1 aliphatic rings. The number of fused-ring (bicyclic) bond motifs is 1. The van der Waals surface area contributed by atoms with E-state index >= 15 is 0 Å². The van der Waals surface area contributed by atoms with Gasteiger partial charge in [-0.25, -0.2) is 4.98 Å². The first-order valence-corrected chi connectivity index (χ1v) is 13.6. The Bertz CT molecular complexity index is 1720. The second-order valence-electron chi connectivity index (χ2n) is 9.98. The zero-order valence-electron chi connectivity index (χ0n) is 23.0. The number of benzene rings is 3. The lowest BCUT2D eigenvalue weighted by Gasteiger charge is -2.27. The molecule has 3 aromatic carbocycles. The van der Waals surface area contributed by atoms with Gasteiger partial charge in [-0.15, -0.1) is 0 Å². The number of ketones is 1. The summed E-state index contributed by atoms with van der Waals surface area (Å²) >= 11 is 0. The summed E-state index contributed by atoms with van der Waals surface area (Å²) in [5, 5.41) is 11.8. The number of aliphatic hydroxyl groups excluding tert-OH is 1. The normalized spacial score (nSPS) is 15.0. The summed E-state index contributed by atoms with van der Waals surface area (Å²) in [4.78, 5) is 32.9. The Balaban J connectivity index is 1.34. The van der Waals surface area contributed by atoms with Gasteiger partial charge in [-0.1, -0.05) is 54.6 Å². The number of ether oxygens (including phenoxy) is 2. The van der Waals surface area contributed by atoms with Crippen LogP contribution in [0.4, 0.5) is 0 Å². The number of hydrogen-bond donors (Lipinski definition) is 1. The summed E-state index contributed by atoms with van der Waals surface area (Å²) in [6.07, 6.45) is 5.81. The van der Waals surface area contributed by atoms with Gasteiger partial charge in [0.15, 0.2) is 23.0 Å². The van der Waals surface area contributed by atoms with Crippen molar-refractivity contribution in [2.24, 2.45) is 0 Å². The summed E-state index contributed by atoms with van der Waals surface area (Å²) in [6.45, 7) is 1.24. The van der Waals surface area contributed by atoms with Gasteiger partial charge in [0.1, 0.15) is 12.2 Å². The van der Waals surface area contributed by atoms with Gasteiger partial charge in [0, 0.05) is 30.9 Å². The van der Waals surface area contributed by atoms with Gasteiger partial charge in [0.25, 0.3) is 5.91 Å². The molecule has 5 aromatic rings. The van der Waals surface area contributed by atoms with Crippen LogP contribution in [0.25, 0.3) is 11.0 Å². The molecule has 1 N–H and O–H groups in total. The number of hydrogen-bond acceptors (Lipinski definition) is 7. The van der Waals surface area contributed by atoms with E-state index in [4.69, 9.17) is 13.9 Å². The number of aromatic nitrogens is 2. The number of aliphatic hydroxyl groups is 1. The average Bonchev–Trinajstić information content (AvgIpc) is 3.76. The Kier molecular flexibility index (Phi) is 7.47. The Morgan fingerprint density at radius 3 is 2.57 bits per heavy atom. The van der Waals surface area contributed by atoms with E-state index < -0.39 is 23.5 Å². The SMILES string of the molecule is COc1cc([C@H]2C(C(=O)c3cc4ccccc4o3)=C(O)C(=O)N2CCCn2ccnc2)ccc1OCc1ccccc1. The summed E-state index contributed by atoms with van der Waals surface area (Å²) < 4.78 is 19.4. The smallest absolute Gasteiger partial charge is 0.290 e. The summed E-state index contributed by atoms with van der Waals surface area (Å²) in [5.74, 6) is -0.756. The molecule has 0 saturated carbocycles. The topological polar surface area (TPSA) is 107 Å². The molecule has 0 radical (unpaired) electrons. The van der Waals surface area contributed by atoms with E-state index in [1.807, 2.05) is 59.3 Å². The number of imidazole rings is 1. The van der Waals surface area contributed by atoms with Crippen molar-refractivity contribution >= 4 is 22.7 Å². The van der Waals surface area contributed by atoms with E-state index in [1.54, 1.807) is 42.9 Å². The number of Topliss-reactive ketones (excluding diaryl/α,β-unsaturated/α-hetero) is 1. The fourth-order valence-electron chi connectivity index (χ4n) is 5.24. The molecule has 0 saturated heterocycles. The predicted molar refractivity (Wildman–Crippen MR) is 155 cm³/mol. The van der Waals surface area contributed by atoms with Gasteiger partial charge < -0.3 is 28.5 Å². The minimum absolute atomic E-state index is 0.0401. The van der Waals surface area contributed by atoms with Crippen molar-refractivity contribution in [3.05, 3.63) is 126 Å². The highest BCUT2D eigenvalue weighted by Crippen LogP contribution is 2.42. The number of amides is 1. The van der Waals surface area contributed by atoms with Crippen molar-refractivity contribution in [1.29, 1.82) is 0 Å². The summed E-state index contributed by atoms with van der Waals surface area (Å²) in [6, 6.07) is 23.1. The molecule has 0 aliphatic carbocycles. The van der Waals surface area contributed by atoms with Crippen LogP contribution in [-0.2, 0) is 17.9 Å². The lowest BCUT2D eigenvalue weighted by molar-refractivity contribution is -0.129. The third-order valence-corrected chi connectivity index (χ3v) is 7.31. The predicted octanol–water partition coefficient (Wildman–Crippen LogP) is 5.89. The molecule has 212 valence electrons. The van der Waals surface area contributed by atoms with Crippen LogP contribution < -0.4 is 9.47 Å².